The average molecular weight is 315 g/mol. The number of para-hydroxylation sites is 1. The predicted molar refractivity (Wildman–Crippen MR) is 89.4 cm³/mol. The van der Waals surface area contributed by atoms with Crippen LogP contribution in [0.3, 0.4) is 0 Å². The van der Waals surface area contributed by atoms with Crippen LogP contribution in [0.5, 0.6) is 0 Å². The van der Waals surface area contributed by atoms with Gasteiger partial charge in [-0.2, -0.15) is 0 Å². The van der Waals surface area contributed by atoms with Crippen LogP contribution < -0.4 is 11.5 Å². The molecule has 4 aromatic rings. The first kappa shape index (κ1) is 13.6. The lowest BCUT2D eigenvalue weighted by molar-refractivity contribution is 1.23. The first-order valence-corrected chi connectivity index (χ1v) is 7.92. The van der Waals surface area contributed by atoms with Crippen LogP contribution in [0.25, 0.3) is 16.2 Å². The Morgan fingerprint density at radius 1 is 1.05 bits per heavy atom. The van der Waals surface area contributed by atoms with E-state index in [2.05, 4.69) is 9.97 Å². The number of hydrogen-bond acceptors (Lipinski definition) is 6. The number of rotatable bonds is 1. The zero-order chi connectivity index (χ0) is 14.7. The minimum Gasteiger partial charge on any atom is -0.398 e. The van der Waals surface area contributed by atoms with E-state index in [1.165, 1.54) is 11.3 Å². The third-order valence-electron chi connectivity index (χ3n) is 2.78. The van der Waals surface area contributed by atoms with E-state index in [1.807, 2.05) is 51.8 Å². The number of nitrogens with zero attached hydrogens (tertiary/aromatic N) is 3. The Balaban J connectivity index is 0.000000186. The second-order valence-electron chi connectivity index (χ2n) is 4.18. The van der Waals surface area contributed by atoms with Crippen LogP contribution in [-0.4, -0.2) is 14.4 Å². The summed E-state index contributed by atoms with van der Waals surface area (Å²) < 4.78 is 2.01. The molecule has 0 atom stereocenters. The van der Waals surface area contributed by atoms with Gasteiger partial charge in [0.05, 0.1) is 5.69 Å². The van der Waals surface area contributed by atoms with Gasteiger partial charge in [-0.05, 0) is 6.07 Å². The maximum atomic E-state index is 5.90. The SMILES string of the molecule is Nc1ccccc1-c1cn2ccsc2n1.Nc1nccs1. The third kappa shape index (κ3) is 3.04. The van der Waals surface area contributed by atoms with Crippen LogP contribution in [0.1, 0.15) is 0 Å². The Bertz CT molecular complexity index is 803. The van der Waals surface area contributed by atoms with E-state index in [0.29, 0.717) is 5.13 Å². The zero-order valence-corrected chi connectivity index (χ0v) is 12.6. The topological polar surface area (TPSA) is 82.2 Å². The van der Waals surface area contributed by atoms with E-state index in [9.17, 15) is 0 Å². The van der Waals surface area contributed by atoms with E-state index in [-0.39, 0.29) is 0 Å². The van der Waals surface area contributed by atoms with E-state index in [1.54, 1.807) is 17.5 Å². The smallest absolute Gasteiger partial charge is 0.194 e. The van der Waals surface area contributed by atoms with Crippen LogP contribution in [0.2, 0.25) is 0 Å². The number of anilines is 2. The van der Waals surface area contributed by atoms with Crippen molar-refractivity contribution in [3.63, 3.8) is 0 Å². The normalized spacial score (nSPS) is 10.3. The van der Waals surface area contributed by atoms with Crippen LogP contribution in [0, 0.1) is 0 Å². The Hall–Kier alpha value is -2.38. The molecule has 0 aliphatic carbocycles. The van der Waals surface area contributed by atoms with Crippen molar-refractivity contribution in [2.75, 3.05) is 11.5 Å². The largest absolute Gasteiger partial charge is 0.398 e. The number of imidazole rings is 1. The van der Waals surface area contributed by atoms with Crippen molar-refractivity contribution in [3.05, 3.63) is 53.6 Å². The van der Waals surface area contributed by atoms with Crippen molar-refractivity contribution in [2.24, 2.45) is 0 Å². The first-order chi connectivity index (χ1) is 10.2. The fourth-order valence-electron chi connectivity index (χ4n) is 1.82. The summed E-state index contributed by atoms with van der Waals surface area (Å²) in [7, 11) is 0. The quantitative estimate of drug-likeness (QED) is 0.528. The summed E-state index contributed by atoms with van der Waals surface area (Å²) in [4.78, 5) is 9.21. The highest BCUT2D eigenvalue weighted by Crippen LogP contribution is 2.25. The Morgan fingerprint density at radius 3 is 2.52 bits per heavy atom. The van der Waals surface area contributed by atoms with Gasteiger partial charge in [-0.15, -0.1) is 22.7 Å². The minimum atomic E-state index is 0.634. The molecule has 5 nitrogen and oxygen atoms in total. The molecule has 21 heavy (non-hydrogen) atoms. The van der Waals surface area contributed by atoms with E-state index < -0.39 is 0 Å². The average Bonchev–Trinajstić information content (AvgIpc) is 3.16. The molecule has 0 saturated heterocycles. The molecule has 0 unspecified atom stereocenters. The highest BCUT2D eigenvalue weighted by molar-refractivity contribution is 7.15. The maximum Gasteiger partial charge on any atom is 0.194 e. The summed E-state index contributed by atoms with van der Waals surface area (Å²) in [6.07, 6.45) is 5.67. The minimum absolute atomic E-state index is 0.634. The number of nitrogen functional groups attached to an aromatic ring is 2. The molecule has 3 heterocycles. The van der Waals surface area contributed by atoms with Gasteiger partial charge < -0.3 is 11.5 Å². The lowest BCUT2D eigenvalue weighted by atomic mass is 10.1. The number of aromatic nitrogens is 3. The van der Waals surface area contributed by atoms with Gasteiger partial charge in [0.2, 0.25) is 0 Å². The third-order valence-corrected chi connectivity index (χ3v) is 4.16. The molecule has 4 rings (SSSR count). The van der Waals surface area contributed by atoms with Gasteiger partial charge in [0.25, 0.3) is 0 Å². The molecule has 0 spiro atoms. The monoisotopic (exact) mass is 315 g/mol. The van der Waals surface area contributed by atoms with Gasteiger partial charge >= 0.3 is 0 Å². The van der Waals surface area contributed by atoms with Crippen molar-refractivity contribution in [3.8, 4) is 11.3 Å². The second-order valence-corrected chi connectivity index (χ2v) is 5.98. The summed E-state index contributed by atoms with van der Waals surface area (Å²) in [5, 5.41) is 4.49. The summed E-state index contributed by atoms with van der Waals surface area (Å²) >= 11 is 3.06. The van der Waals surface area contributed by atoms with Crippen molar-refractivity contribution in [2.45, 2.75) is 0 Å². The highest BCUT2D eigenvalue weighted by atomic mass is 32.1. The van der Waals surface area contributed by atoms with Crippen LogP contribution in [-0.2, 0) is 0 Å². The Kier molecular flexibility index (Phi) is 3.85. The van der Waals surface area contributed by atoms with Crippen molar-refractivity contribution >= 4 is 38.5 Å². The Morgan fingerprint density at radius 2 is 1.90 bits per heavy atom. The van der Waals surface area contributed by atoms with Gasteiger partial charge in [0, 0.05) is 40.6 Å². The summed E-state index contributed by atoms with van der Waals surface area (Å²) in [5.74, 6) is 0. The molecule has 0 amide bonds. The fraction of sp³-hybridized carbons (Fsp3) is 0. The molecule has 0 fully saturated rings. The van der Waals surface area contributed by atoms with Crippen LogP contribution in [0.4, 0.5) is 10.8 Å². The molecule has 0 radical (unpaired) electrons. The van der Waals surface area contributed by atoms with Crippen molar-refractivity contribution in [1.29, 1.82) is 0 Å². The van der Waals surface area contributed by atoms with E-state index in [4.69, 9.17) is 11.5 Å². The van der Waals surface area contributed by atoms with Crippen LogP contribution >= 0.6 is 22.7 Å². The summed E-state index contributed by atoms with van der Waals surface area (Å²) in [6, 6.07) is 7.78. The maximum absolute atomic E-state index is 5.90. The molecule has 4 N–H and O–H groups in total. The number of fused-ring (bicyclic) bond motifs is 1. The number of benzene rings is 1. The van der Waals surface area contributed by atoms with Crippen molar-refractivity contribution < 1.29 is 0 Å². The molecule has 0 aliphatic heterocycles. The van der Waals surface area contributed by atoms with E-state index in [0.717, 1.165) is 21.9 Å². The standard InChI is InChI=1S/C11H9N3S.C3H4N2S/c12-9-4-2-1-3-8(9)10-7-14-5-6-15-11(14)13-10;4-3-5-1-2-6-3/h1-7H,12H2;1-2H,(H2,4,5). The van der Waals surface area contributed by atoms with Crippen molar-refractivity contribution in [1.82, 2.24) is 14.4 Å². The molecule has 0 bridgehead atoms. The first-order valence-electron chi connectivity index (χ1n) is 6.16. The Labute approximate surface area is 129 Å². The molecule has 3 aromatic heterocycles. The molecular weight excluding hydrogens is 302 g/mol. The predicted octanol–water partition coefficient (Wildman–Crippen LogP) is 3.37. The van der Waals surface area contributed by atoms with Gasteiger partial charge in [-0.1, -0.05) is 18.2 Å². The molecule has 106 valence electrons. The molecule has 1 aromatic carbocycles. The summed E-state index contributed by atoms with van der Waals surface area (Å²) in [5.41, 5.74) is 13.8. The molecule has 7 heteroatoms. The van der Waals surface area contributed by atoms with Crippen LogP contribution in [0.15, 0.2) is 53.6 Å². The van der Waals surface area contributed by atoms with Gasteiger partial charge in [-0.25, -0.2) is 9.97 Å². The van der Waals surface area contributed by atoms with Gasteiger partial charge in [-0.3, -0.25) is 4.40 Å². The summed E-state index contributed by atoms with van der Waals surface area (Å²) in [6.45, 7) is 0. The molecule has 0 saturated carbocycles. The van der Waals surface area contributed by atoms with E-state index >= 15 is 0 Å². The number of nitrogens with two attached hydrogens (primary N) is 2. The highest BCUT2D eigenvalue weighted by Gasteiger charge is 2.06. The molecule has 0 aliphatic rings. The fourth-order valence-corrected chi connectivity index (χ4v) is 2.90. The van der Waals surface area contributed by atoms with Gasteiger partial charge in [0.15, 0.2) is 10.1 Å². The van der Waals surface area contributed by atoms with Gasteiger partial charge in [0.1, 0.15) is 0 Å². The second kappa shape index (κ2) is 5.94. The molecular formula is C14H13N5S2. The number of thiazole rings is 2. The zero-order valence-electron chi connectivity index (χ0n) is 11.0. The lowest BCUT2D eigenvalue weighted by Gasteiger charge is -1.99. The lowest BCUT2D eigenvalue weighted by Crippen LogP contribution is -1.88. The number of hydrogen-bond donors (Lipinski definition) is 2.